The van der Waals surface area contributed by atoms with Gasteiger partial charge >= 0.3 is 5.97 Å². The Morgan fingerprint density at radius 3 is 2.73 bits per heavy atom. The molecule has 1 aromatic rings. The van der Waals surface area contributed by atoms with Crippen molar-refractivity contribution >= 4 is 11.9 Å². The number of amides is 1. The fourth-order valence-electron chi connectivity index (χ4n) is 2.99. The maximum Gasteiger partial charge on any atom is 0.337 e. The molecule has 0 radical (unpaired) electrons. The first kappa shape index (κ1) is 16.5. The SMILES string of the molecule is CCCO[C@H]1CCCN(C(=O)c2[nH]c(C)c(C(=O)O)c2C)C1. The molecule has 2 rings (SSSR count). The number of piperidine rings is 1. The van der Waals surface area contributed by atoms with E-state index in [1.165, 1.54) is 0 Å². The number of likely N-dealkylation sites (tertiary alicyclic amines) is 1. The number of carbonyl (C=O) groups excluding carboxylic acids is 1. The molecule has 2 N–H and O–H groups in total. The average Bonchev–Trinajstić information content (AvgIpc) is 2.79. The maximum atomic E-state index is 12.7. The predicted octanol–water partition coefficient (Wildman–Crippen LogP) is 2.36. The zero-order valence-corrected chi connectivity index (χ0v) is 13.4. The van der Waals surface area contributed by atoms with E-state index < -0.39 is 5.97 Å². The molecule has 1 aliphatic rings. The summed E-state index contributed by atoms with van der Waals surface area (Å²) in [4.78, 5) is 28.6. The second-order valence-electron chi connectivity index (χ2n) is 5.82. The average molecular weight is 308 g/mol. The van der Waals surface area contributed by atoms with Crippen LogP contribution < -0.4 is 0 Å². The lowest BCUT2D eigenvalue weighted by Gasteiger charge is -2.32. The van der Waals surface area contributed by atoms with E-state index in [1.807, 2.05) is 0 Å². The van der Waals surface area contributed by atoms with Crippen LogP contribution >= 0.6 is 0 Å². The van der Waals surface area contributed by atoms with Crippen molar-refractivity contribution in [3.8, 4) is 0 Å². The number of ether oxygens (including phenoxy) is 1. The third-order valence-electron chi connectivity index (χ3n) is 4.09. The van der Waals surface area contributed by atoms with Gasteiger partial charge in [-0.1, -0.05) is 6.92 Å². The van der Waals surface area contributed by atoms with Gasteiger partial charge in [0.25, 0.3) is 5.91 Å². The second kappa shape index (κ2) is 6.96. The number of hydrogen-bond acceptors (Lipinski definition) is 3. The van der Waals surface area contributed by atoms with Gasteiger partial charge in [-0.05, 0) is 38.7 Å². The predicted molar refractivity (Wildman–Crippen MR) is 82.4 cm³/mol. The fourth-order valence-corrected chi connectivity index (χ4v) is 2.99. The van der Waals surface area contributed by atoms with Crippen molar-refractivity contribution < 1.29 is 19.4 Å². The first-order chi connectivity index (χ1) is 10.5. The van der Waals surface area contributed by atoms with E-state index in [0.717, 1.165) is 19.3 Å². The summed E-state index contributed by atoms with van der Waals surface area (Å²) in [6, 6.07) is 0. The highest BCUT2D eigenvalue weighted by Crippen LogP contribution is 2.22. The Hall–Kier alpha value is -1.82. The standard InChI is InChI=1S/C16H24N2O4/c1-4-8-22-12-6-5-7-18(9-12)15(19)14-10(2)13(16(20)21)11(3)17-14/h12,17H,4-9H2,1-3H3,(H,20,21)/t12-/m0/s1. The van der Waals surface area contributed by atoms with E-state index in [-0.39, 0.29) is 17.6 Å². The first-order valence-electron chi connectivity index (χ1n) is 7.79. The third-order valence-corrected chi connectivity index (χ3v) is 4.09. The molecule has 1 atom stereocenters. The molecule has 122 valence electrons. The van der Waals surface area contributed by atoms with Crippen molar-refractivity contribution in [2.24, 2.45) is 0 Å². The molecule has 0 saturated carbocycles. The van der Waals surface area contributed by atoms with Gasteiger partial charge in [0, 0.05) is 25.4 Å². The number of nitrogens with one attached hydrogen (secondary N) is 1. The number of aromatic amines is 1. The molecule has 1 aliphatic heterocycles. The van der Waals surface area contributed by atoms with Gasteiger partial charge in [0.05, 0.1) is 11.7 Å². The van der Waals surface area contributed by atoms with Crippen molar-refractivity contribution in [2.45, 2.75) is 46.1 Å². The molecule has 6 nitrogen and oxygen atoms in total. The lowest BCUT2D eigenvalue weighted by Crippen LogP contribution is -2.43. The Labute approximate surface area is 130 Å². The molecule has 1 saturated heterocycles. The van der Waals surface area contributed by atoms with Gasteiger partial charge in [-0.15, -0.1) is 0 Å². The van der Waals surface area contributed by atoms with Crippen LogP contribution in [0.3, 0.4) is 0 Å². The third kappa shape index (κ3) is 3.32. The zero-order chi connectivity index (χ0) is 16.3. The number of rotatable bonds is 5. The summed E-state index contributed by atoms with van der Waals surface area (Å²) >= 11 is 0. The number of aromatic carboxylic acids is 1. The quantitative estimate of drug-likeness (QED) is 0.875. The summed E-state index contributed by atoms with van der Waals surface area (Å²) in [7, 11) is 0. The second-order valence-corrected chi connectivity index (χ2v) is 5.82. The van der Waals surface area contributed by atoms with Crippen molar-refractivity contribution in [2.75, 3.05) is 19.7 Å². The van der Waals surface area contributed by atoms with Crippen LogP contribution in [0.2, 0.25) is 0 Å². The highest BCUT2D eigenvalue weighted by Gasteiger charge is 2.28. The number of aryl methyl sites for hydroxylation is 1. The Balaban J connectivity index is 2.14. The molecule has 1 amide bonds. The summed E-state index contributed by atoms with van der Waals surface area (Å²) in [5.74, 6) is -1.15. The van der Waals surface area contributed by atoms with Crippen LogP contribution in [0.4, 0.5) is 0 Å². The van der Waals surface area contributed by atoms with Crippen LogP contribution in [0, 0.1) is 13.8 Å². The van der Waals surface area contributed by atoms with E-state index in [1.54, 1.807) is 18.7 Å². The van der Waals surface area contributed by atoms with Gasteiger partial charge in [0.1, 0.15) is 5.69 Å². The van der Waals surface area contributed by atoms with Crippen LogP contribution in [0.1, 0.15) is 58.3 Å². The molecular weight excluding hydrogens is 284 g/mol. The molecule has 0 unspecified atom stereocenters. The molecule has 2 heterocycles. The van der Waals surface area contributed by atoms with E-state index in [2.05, 4.69) is 11.9 Å². The Morgan fingerprint density at radius 2 is 2.14 bits per heavy atom. The van der Waals surface area contributed by atoms with Crippen LogP contribution in [0.5, 0.6) is 0 Å². The van der Waals surface area contributed by atoms with Gasteiger partial charge in [-0.2, -0.15) is 0 Å². The van der Waals surface area contributed by atoms with Crippen molar-refractivity contribution in [1.82, 2.24) is 9.88 Å². The van der Waals surface area contributed by atoms with Gasteiger partial charge in [0.15, 0.2) is 0 Å². The zero-order valence-electron chi connectivity index (χ0n) is 13.4. The van der Waals surface area contributed by atoms with E-state index in [4.69, 9.17) is 4.74 Å². The minimum atomic E-state index is -1.01. The molecular formula is C16H24N2O4. The van der Waals surface area contributed by atoms with Crippen LogP contribution in [-0.2, 0) is 4.74 Å². The summed E-state index contributed by atoms with van der Waals surface area (Å²) < 4.78 is 5.75. The highest BCUT2D eigenvalue weighted by atomic mass is 16.5. The number of aromatic nitrogens is 1. The number of nitrogens with zero attached hydrogens (tertiary/aromatic N) is 1. The normalized spacial score (nSPS) is 18.5. The molecule has 0 aromatic carbocycles. The van der Waals surface area contributed by atoms with Crippen LogP contribution in [0.25, 0.3) is 0 Å². The van der Waals surface area contributed by atoms with E-state index in [9.17, 15) is 14.7 Å². The van der Waals surface area contributed by atoms with Crippen LogP contribution in [-0.4, -0.2) is 52.7 Å². The van der Waals surface area contributed by atoms with Crippen molar-refractivity contribution in [1.29, 1.82) is 0 Å². The smallest absolute Gasteiger partial charge is 0.337 e. The molecule has 22 heavy (non-hydrogen) atoms. The Bertz CT molecular complexity index is 565. The molecule has 6 heteroatoms. The highest BCUT2D eigenvalue weighted by molar-refractivity contribution is 6.00. The first-order valence-corrected chi connectivity index (χ1v) is 7.79. The van der Waals surface area contributed by atoms with E-state index in [0.29, 0.717) is 36.6 Å². The monoisotopic (exact) mass is 308 g/mol. The number of carbonyl (C=O) groups is 2. The topological polar surface area (TPSA) is 82.6 Å². The number of hydrogen-bond donors (Lipinski definition) is 2. The minimum Gasteiger partial charge on any atom is -0.478 e. The van der Waals surface area contributed by atoms with Crippen molar-refractivity contribution in [3.63, 3.8) is 0 Å². The minimum absolute atomic E-state index is 0.0768. The molecule has 0 bridgehead atoms. The molecule has 0 aliphatic carbocycles. The van der Waals surface area contributed by atoms with Gasteiger partial charge in [0.2, 0.25) is 0 Å². The molecule has 0 spiro atoms. The molecule has 1 fully saturated rings. The largest absolute Gasteiger partial charge is 0.478 e. The number of carboxylic acid groups (broad SMARTS) is 1. The maximum absolute atomic E-state index is 12.7. The summed E-state index contributed by atoms with van der Waals surface area (Å²) in [5.41, 5.74) is 1.60. The van der Waals surface area contributed by atoms with Crippen LogP contribution in [0.15, 0.2) is 0 Å². The van der Waals surface area contributed by atoms with Gasteiger partial charge < -0.3 is 19.7 Å². The Kier molecular flexibility index (Phi) is 5.24. The van der Waals surface area contributed by atoms with E-state index >= 15 is 0 Å². The lowest BCUT2D eigenvalue weighted by atomic mass is 10.1. The fraction of sp³-hybridized carbons (Fsp3) is 0.625. The van der Waals surface area contributed by atoms with Crippen molar-refractivity contribution in [3.05, 3.63) is 22.5 Å². The summed E-state index contributed by atoms with van der Waals surface area (Å²) in [6.45, 7) is 7.37. The Morgan fingerprint density at radius 1 is 1.41 bits per heavy atom. The van der Waals surface area contributed by atoms with Gasteiger partial charge in [-0.3, -0.25) is 4.79 Å². The summed E-state index contributed by atoms with van der Waals surface area (Å²) in [5, 5.41) is 9.23. The summed E-state index contributed by atoms with van der Waals surface area (Å²) in [6.07, 6.45) is 2.91. The lowest BCUT2D eigenvalue weighted by molar-refractivity contribution is 0.00191. The molecule has 1 aromatic heterocycles. The number of H-pyrrole nitrogens is 1. The number of carboxylic acids is 1. The van der Waals surface area contributed by atoms with Gasteiger partial charge in [-0.25, -0.2) is 4.79 Å².